The van der Waals surface area contributed by atoms with Crippen LogP contribution in [0.4, 0.5) is 0 Å². The number of hydrogen-bond acceptors (Lipinski definition) is 6. The Morgan fingerprint density at radius 2 is 1.86 bits per heavy atom. The van der Waals surface area contributed by atoms with Crippen LogP contribution in [0.25, 0.3) is 0 Å². The summed E-state index contributed by atoms with van der Waals surface area (Å²) in [5, 5.41) is 2.84. The molecule has 0 saturated carbocycles. The van der Waals surface area contributed by atoms with E-state index in [1.54, 1.807) is 37.3 Å². The zero-order valence-corrected chi connectivity index (χ0v) is 15.9. The molecule has 0 atom stereocenters. The molecule has 2 aromatic rings. The molecule has 0 spiro atoms. The molecule has 8 nitrogen and oxygen atoms in total. The third-order valence-corrected chi connectivity index (χ3v) is 4.44. The number of pyridine rings is 1. The highest BCUT2D eigenvalue weighted by atomic mass is 16.5. The molecule has 0 radical (unpaired) electrons. The smallest absolute Gasteiger partial charge is 0.272 e. The minimum atomic E-state index is -0.284. The van der Waals surface area contributed by atoms with Crippen molar-refractivity contribution < 1.29 is 23.8 Å². The highest BCUT2D eigenvalue weighted by Crippen LogP contribution is 2.27. The molecule has 3 rings (SSSR count). The topological polar surface area (TPSA) is 90.0 Å². The lowest BCUT2D eigenvalue weighted by Crippen LogP contribution is -2.41. The Hall–Kier alpha value is -3.13. The number of hydrogen-bond donors (Lipinski definition) is 1. The van der Waals surface area contributed by atoms with Crippen molar-refractivity contribution in [2.75, 3.05) is 40.5 Å². The number of rotatable bonds is 6. The van der Waals surface area contributed by atoms with Gasteiger partial charge in [-0.25, -0.2) is 0 Å². The molecule has 28 heavy (non-hydrogen) atoms. The van der Waals surface area contributed by atoms with E-state index in [0.717, 1.165) is 5.56 Å². The molecule has 0 unspecified atom stereocenters. The Bertz CT molecular complexity index is 849. The Kier molecular flexibility index (Phi) is 6.44. The number of methoxy groups -OCH3 is 2. The van der Waals surface area contributed by atoms with Gasteiger partial charge in [0.05, 0.1) is 27.4 Å². The summed E-state index contributed by atoms with van der Waals surface area (Å²) in [5.74, 6) is 0.737. The number of carbonyl (C=O) groups is 2. The molecule has 1 saturated heterocycles. The summed E-state index contributed by atoms with van der Waals surface area (Å²) in [6.07, 6.45) is 1.47. The van der Waals surface area contributed by atoms with Crippen LogP contribution in [0.3, 0.4) is 0 Å². The van der Waals surface area contributed by atoms with Crippen LogP contribution in [0.2, 0.25) is 0 Å². The van der Waals surface area contributed by atoms with Gasteiger partial charge in [-0.15, -0.1) is 0 Å². The summed E-state index contributed by atoms with van der Waals surface area (Å²) in [6.45, 7) is 2.38. The van der Waals surface area contributed by atoms with E-state index in [9.17, 15) is 9.59 Å². The van der Waals surface area contributed by atoms with Crippen molar-refractivity contribution in [3.8, 4) is 11.5 Å². The molecule has 0 bridgehead atoms. The Balaban J connectivity index is 1.65. The normalized spacial score (nSPS) is 13.7. The van der Waals surface area contributed by atoms with Crippen LogP contribution in [0.5, 0.6) is 11.5 Å². The van der Waals surface area contributed by atoms with Crippen molar-refractivity contribution >= 4 is 11.8 Å². The van der Waals surface area contributed by atoms with Gasteiger partial charge in [0.1, 0.15) is 5.69 Å². The molecule has 0 aliphatic carbocycles. The van der Waals surface area contributed by atoms with E-state index in [1.807, 2.05) is 6.07 Å². The number of nitrogens with one attached hydrogen (secondary N) is 1. The monoisotopic (exact) mass is 385 g/mol. The van der Waals surface area contributed by atoms with E-state index in [4.69, 9.17) is 14.2 Å². The molecule has 8 heteroatoms. The fourth-order valence-corrected chi connectivity index (χ4v) is 2.89. The summed E-state index contributed by atoms with van der Waals surface area (Å²) in [5.41, 5.74) is 1.50. The lowest BCUT2D eigenvalue weighted by Gasteiger charge is -2.26. The predicted molar refractivity (Wildman–Crippen MR) is 102 cm³/mol. The fraction of sp³-hybridized carbons (Fsp3) is 0.350. The second kappa shape index (κ2) is 9.18. The summed E-state index contributed by atoms with van der Waals surface area (Å²) in [4.78, 5) is 30.8. The number of benzene rings is 1. The molecular weight excluding hydrogens is 362 g/mol. The van der Waals surface area contributed by atoms with E-state index in [-0.39, 0.29) is 17.5 Å². The molecule has 1 N–H and O–H groups in total. The maximum Gasteiger partial charge on any atom is 0.272 e. The molecule has 1 aliphatic heterocycles. The largest absolute Gasteiger partial charge is 0.493 e. The van der Waals surface area contributed by atoms with Gasteiger partial charge in [-0.1, -0.05) is 6.07 Å². The van der Waals surface area contributed by atoms with E-state index in [1.165, 1.54) is 12.3 Å². The zero-order chi connectivity index (χ0) is 19.9. The van der Waals surface area contributed by atoms with E-state index >= 15 is 0 Å². The summed E-state index contributed by atoms with van der Waals surface area (Å²) < 4.78 is 15.7. The van der Waals surface area contributed by atoms with Crippen LogP contribution in [-0.2, 0) is 11.3 Å². The first-order valence-electron chi connectivity index (χ1n) is 8.94. The van der Waals surface area contributed by atoms with Crippen molar-refractivity contribution in [1.29, 1.82) is 0 Å². The van der Waals surface area contributed by atoms with Gasteiger partial charge >= 0.3 is 0 Å². The van der Waals surface area contributed by atoms with Gasteiger partial charge < -0.3 is 24.4 Å². The summed E-state index contributed by atoms with van der Waals surface area (Å²) in [6, 6.07) is 8.54. The number of aromatic nitrogens is 1. The second-order valence-electron chi connectivity index (χ2n) is 6.21. The SMILES string of the molecule is COc1ccc(CNC(=O)c2ccnc(C(=O)N3CCOCC3)c2)cc1OC. The molecule has 1 aromatic heterocycles. The minimum absolute atomic E-state index is 0.196. The van der Waals surface area contributed by atoms with E-state index in [2.05, 4.69) is 10.3 Å². The van der Waals surface area contributed by atoms with Crippen molar-refractivity contribution in [1.82, 2.24) is 15.2 Å². The standard InChI is InChI=1S/C20H23N3O5/c1-26-17-4-3-14(11-18(17)27-2)13-22-19(24)15-5-6-21-16(12-15)20(25)23-7-9-28-10-8-23/h3-6,11-12H,7-10,13H2,1-2H3,(H,22,24). The van der Waals surface area contributed by atoms with Gasteiger partial charge in [0.25, 0.3) is 11.8 Å². The van der Waals surface area contributed by atoms with Gasteiger partial charge in [0.15, 0.2) is 11.5 Å². The van der Waals surface area contributed by atoms with Gasteiger partial charge in [-0.2, -0.15) is 0 Å². The predicted octanol–water partition coefficient (Wildman–Crippen LogP) is 1.50. The van der Waals surface area contributed by atoms with Crippen molar-refractivity contribution in [3.63, 3.8) is 0 Å². The second-order valence-corrected chi connectivity index (χ2v) is 6.21. The Labute approximate surface area is 163 Å². The Morgan fingerprint density at radius 1 is 1.11 bits per heavy atom. The van der Waals surface area contributed by atoms with E-state index in [0.29, 0.717) is 49.9 Å². The van der Waals surface area contributed by atoms with Crippen LogP contribution < -0.4 is 14.8 Å². The van der Waals surface area contributed by atoms with Crippen LogP contribution >= 0.6 is 0 Å². The highest BCUT2D eigenvalue weighted by molar-refractivity contribution is 5.98. The van der Waals surface area contributed by atoms with Crippen molar-refractivity contribution in [2.24, 2.45) is 0 Å². The molecule has 2 heterocycles. The zero-order valence-electron chi connectivity index (χ0n) is 15.9. The van der Waals surface area contributed by atoms with Crippen LogP contribution in [0, 0.1) is 0 Å². The lowest BCUT2D eigenvalue weighted by molar-refractivity contribution is 0.0299. The number of carbonyl (C=O) groups excluding carboxylic acids is 2. The molecule has 1 fully saturated rings. The van der Waals surface area contributed by atoms with Gasteiger partial charge in [-0.3, -0.25) is 14.6 Å². The third-order valence-electron chi connectivity index (χ3n) is 4.44. The summed E-state index contributed by atoms with van der Waals surface area (Å²) in [7, 11) is 3.13. The molecule has 1 aromatic carbocycles. The van der Waals surface area contributed by atoms with Crippen LogP contribution in [0.15, 0.2) is 36.5 Å². The highest BCUT2D eigenvalue weighted by Gasteiger charge is 2.20. The number of ether oxygens (including phenoxy) is 3. The quantitative estimate of drug-likeness (QED) is 0.811. The molecular formula is C20H23N3O5. The fourth-order valence-electron chi connectivity index (χ4n) is 2.89. The average molecular weight is 385 g/mol. The first-order valence-corrected chi connectivity index (χ1v) is 8.94. The maximum absolute atomic E-state index is 12.5. The maximum atomic E-state index is 12.5. The Morgan fingerprint density at radius 3 is 2.57 bits per heavy atom. The van der Waals surface area contributed by atoms with Crippen molar-refractivity contribution in [3.05, 3.63) is 53.3 Å². The first-order chi connectivity index (χ1) is 13.6. The lowest BCUT2D eigenvalue weighted by atomic mass is 10.1. The molecule has 1 aliphatic rings. The van der Waals surface area contributed by atoms with Gasteiger partial charge in [0.2, 0.25) is 0 Å². The molecule has 2 amide bonds. The average Bonchev–Trinajstić information content (AvgIpc) is 2.77. The first kappa shape index (κ1) is 19.6. The van der Waals surface area contributed by atoms with Crippen molar-refractivity contribution in [2.45, 2.75) is 6.54 Å². The minimum Gasteiger partial charge on any atom is -0.493 e. The number of nitrogens with zero attached hydrogens (tertiary/aromatic N) is 2. The van der Waals surface area contributed by atoms with Gasteiger partial charge in [-0.05, 0) is 29.8 Å². The van der Waals surface area contributed by atoms with Crippen LogP contribution in [-0.4, -0.2) is 62.2 Å². The summed E-state index contributed by atoms with van der Waals surface area (Å²) >= 11 is 0. The van der Waals surface area contributed by atoms with Crippen LogP contribution in [0.1, 0.15) is 26.4 Å². The third kappa shape index (κ3) is 4.58. The number of amides is 2. The van der Waals surface area contributed by atoms with Gasteiger partial charge in [0, 0.05) is 31.4 Å². The number of morpholine rings is 1. The molecule has 148 valence electrons. The van der Waals surface area contributed by atoms with E-state index < -0.39 is 0 Å².